The summed E-state index contributed by atoms with van der Waals surface area (Å²) in [5.41, 5.74) is 1.11. The lowest BCUT2D eigenvalue weighted by Gasteiger charge is -2.11. The monoisotopic (exact) mass is 357 g/mol. The Balaban J connectivity index is 2.33. The number of hydrogen-bond acceptors (Lipinski definition) is 2. The molecule has 0 saturated heterocycles. The molecule has 0 radical (unpaired) electrons. The van der Waals surface area contributed by atoms with Gasteiger partial charge in [-0.05, 0) is 18.1 Å². The number of alkyl halides is 1. The van der Waals surface area contributed by atoms with Crippen LogP contribution in [0, 0.1) is 15.9 Å². The molecule has 0 amide bonds. The first kappa shape index (κ1) is 14.9. The van der Waals surface area contributed by atoms with Crippen LogP contribution in [-0.2, 0) is 6.42 Å². The van der Waals surface area contributed by atoms with Gasteiger partial charge in [0.1, 0.15) is 5.82 Å². The zero-order valence-electron chi connectivity index (χ0n) is 10.2. The van der Waals surface area contributed by atoms with E-state index in [0.717, 1.165) is 17.7 Å². The van der Waals surface area contributed by atoms with Crippen molar-refractivity contribution >= 4 is 33.2 Å². The number of nitro benzene ring substituents is 1. The normalized spacial score (nSPS) is 12.2. The van der Waals surface area contributed by atoms with E-state index in [2.05, 4.69) is 15.9 Å². The van der Waals surface area contributed by atoms with E-state index in [1.54, 1.807) is 0 Å². The molecule has 0 heterocycles. The molecule has 20 heavy (non-hydrogen) atoms. The average Bonchev–Trinajstić information content (AvgIpc) is 2.43. The van der Waals surface area contributed by atoms with Crippen molar-refractivity contribution in [2.45, 2.75) is 11.2 Å². The standard InChI is InChI=1S/C14H10BrClFNO2/c15-11(9-4-2-1-3-5-9)6-10-7-13(17)12(16)8-14(10)18(19)20/h1-5,7-8,11H,6H2. The van der Waals surface area contributed by atoms with Gasteiger partial charge in [0.15, 0.2) is 0 Å². The van der Waals surface area contributed by atoms with Gasteiger partial charge in [0.05, 0.1) is 9.95 Å². The van der Waals surface area contributed by atoms with Crippen LogP contribution in [0.1, 0.15) is 16.0 Å². The first-order valence-corrected chi connectivity index (χ1v) is 7.09. The fourth-order valence-electron chi connectivity index (χ4n) is 1.88. The molecule has 0 spiro atoms. The fraction of sp³-hybridized carbons (Fsp3) is 0.143. The van der Waals surface area contributed by atoms with Crippen molar-refractivity contribution in [3.63, 3.8) is 0 Å². The Morgan fingerprint density at radius 3 is 2.55 bits per heavy atom. The molecule has 3 nitrogen and oxygen atoms in total. The van der Waals surface area contributed by atoms with Crippen molar-refractivity contribution in [3.8, 4) is 0 Å². The molecule has 0 aliphatic heterocycles. The number of halogens is 3. The van der Waals surface area contributed by atoms with Gasteiger partial charge in [-0.1, -0.05) is 57.9 Å². The minimum Gasteiger partial charge on any atom is -0.258 e. The van der Waals surface area contributed by atoms with Crippen molar-refractivity contribution in [2.75, 3.05) is 0 Å². The van der Waals surface area contributed by atoms with Gasteiger partial charge >= 0.3 is 0 Å². The zero-order chi connectivity index (χ0) is 14.7. The van der Waals surface area contributed by atoms with Gasteiger partial charge < -0.3 is 0 Å². The number of nitrogens with zero attached hydrogens (tertiary/aromatic N) is 1. The molecule has 6 heteroatoms. The van der Waals surface area contributed by atoms with Crippen LogP contribution in [0.3, 0.4) is 0 Å². The van der Waals surface area contributed by atoms with E-state index in [1.807, 2.05) is 30.3 Å². The predicted octanol–water partition coefficient (Wildman–Crippen LogP) is 5.07. The van der Waals surface area contributed by atoms with E-state index in [0.29, 0.717) is 12.0 Å². The van der Waals surface area contributed by atoms with E-state index in [-0.39, 0.29) is 15.5 Å². The SMILES string of the molecule is O=[N+]([O-])c1cc(Cl)c(F)cc1CC(Br)c1ccccc1. The maximum atomic E-state index is 13.5. The topological polar surface area (TPSA) is 43.1 Å². The van der Waals surface area contributed by atoms with Gasteiger partial charge in [-0.2, -0.15) is 0 Å². The van der Waals surface area contributed by atoms with Crippen LogP contribution in [-0.4, -0.2) is 4.92 Å². The summed E-state index contributed by atoms with van der Waals surface area (Å²) in [6.45, 7) is 0. The summed E-state index contributed by atoms with van der Waals surface area (Å²) in [5, 5.41) is 10.8. The maximum Gasteiger partial charge on any atom is 0.274 e. The summed E-state index contributed by atoms with van der Waals surface area (Å²) < 4.78 is 13.5. The van der Waals surface area contributed by atoms with E-state index < -0.39 is 10.7 Å². The largest absolute Gasteiger partial charge is 0.274 e. The van der Waals surface area contributed by atoms with Crippen LogP contribution in [0.4, 0.5) is 10.1 Å². The van der Waals surface area contributed by atoms with Crippen LogP contribution >= 0.6 is 27.5 Å². The second-order valence-corrected chi connectivity index (χ2v) is 5.75. The summed E-state index contributed by atoms with van der Waals surface area (Å²) in [5.74, 6) is -0.653. The van der Waals surface area contributed by atoms with Gasteiger partial charge in [-0.25, -0.2) is 4.39 Å². The molecule has 2 aromatic rings. The molecule has 1 atom stereocenters. The first-order valence-electron chi connectivity index (χ1n) is 5.80. The van der Waals surface area contributed by atoms with Gasteiger partial charge in [0.2, 0.25) is 0 Å². The van der Waals surface area contributed by atoms with E-state index in [4.69, 9.17) is 11.6 Å². The van der Waals surface area contributed by atoms with Gasteiger partial charge in [0, 0.05) is 16.5 Å². The molecule has 2 aromatic carbocycles. The average molecular weight is 359 g/mol. The summed E-state index contributed by atoms with van der Waals surface area (Å²) >= 11 is 9.06. The maximum absolute atomic E-state index is 13.5. The van der Waals surface area contributed by atoms with Crippen LogP contribution < -0.4 is 0 Å². The molecule has 0 fully saturated rings. The Bertz CT molecular complexity index is 637. The van der Waals surface area contributed by atoms with Crippen molar-refractivity contribution < 1.29 is 9.31 Å². The lowest BCUT2D eigenvalue weighted by atomic mass is 10.0. The predicted molar refractivity (Wildman–Crippen MR) is 79.9 cm³/mol. The lowest BCUT2D eigenvalue weighted by Crippen LogP contribution is -2.01. The van der Waals surface area contributed by atoms with Crippen LogP contribution in [0.2, 0.25) is 5.02 Å². The molecule has 0 aliphatic carbocycles. The van der Waals surface area contributed by atoms with Gasteiger partial charge in [-0.15, -0.1) is 0 Å². The molecule has 104 valence electrons. The molecule has 1 unspecified atom stereocenters. The van der Waals surface area contributed by atoms with E-state index in [9.17, 15) is 14.5 Å². The molecule has 2 rings (SSSR count). The summed E-state index contributed by atoms with van der Waals surface area (Å²) in [6.07, 6.45) is 0.300. The van der Waals surface area contributed by atoms with Gasteiger partial charge in [-0.3, -0.25) is 10.1 Å². The number of hydrogen-bond donors (Lipinski definition) is 0. The van der Waals surface area contributed by atoms with Crippen molar-refractivity contribution in [1.29, 1.82) is 0 Å². The second-order valence-electron chi connectivity index (χ2n) is 4.23. The van der Waals surface area contributed by atoms with Crippen molar-refractivity contribution in [1.82, 2.24) is 0 Å². The highest BCUT2D eigenvalue weighted by Crippen LogP contribution is 2.33. The summed E-state index contributed by atoms with van der Waals surface area (Å²) in [7, 11) is 0. The smallest absolute Gasteiger partial charge is 0.258 e. The van der Waals surface area contributed by atoms with Gasteiger partial charge in [0.25, 0.3) is 5.69 Å². The Morgan fingerprint density at radius 1 is 1.30 bits per heavy atom. The van der Waals surface area contributed by atoms with Crippen LogP contribution in [0.15, 0.2) is 42.5 Å². The molecule has 0 aromatic heterocycles. The van der Waals surface area contributed by atoms with Crippen molar-refractivity contribution in [2.24, 2.45) is 0 Å². The molecular weight excluding hydrogens is 349 g/mol. The minimum absolute atomic E-state index is 0.136. The Labute approximate surface area is 128 Å². The number of benzene rings is 2. The summed E-state index contributed by atoms with van der Waals surface area (Å²) in [6, 6.07) is 11.6. The van der Waals surface area contributed by atoms with E-state index >= 15 is 0 Å². The Morgan fingerprint density at radius 2 is 1.95 bits per heavy atom. The molecule has 0 saturated carbocycles. The van der Waals surface area contributed by atoms with Crippen LogP contribution in [0.25, 0.3) is 0 Å². The third kappa shape index (κ3) is 3.35. The molecular formula is C14H10BrClFNO2. The van der Waals surface area contributed by atoms with Crippen LogP contribution in [0.5, 0.6) is 0 Å². The Hall–Kier alpha value is -1.46. The zero-order valence-corrected chi connectivity index (χ0v) is 12.6. The highest BCUT2D eigenvalue weighted by atomic mass is 79.9. The number of nitro groups is 1. The highest BCUT2D eigenvalue weighted by Gasteiger charge is 2.20. The second kappa shape index (κ2) is 6.33. The third-order valence-electron chi connectivity index (χ3n) is 2.88. The molecule has 0 bridgehead atoms. The lowest BCUT2D eigenvalue weighted by molar-refractivity contribution is -0.385. The minimum atomic E-state index is -0.653. The molecule has 0 N–H and O–H groups in total. The third-order valence-corrected chi connectivity index (χ3v) is 4.02. The number of rotatable bonds is 4. The Kier molecular flexibility index (Phi) is 4.73. The quantitative estimate of drug-likeness (QED) is 0.435. The molecule has 0 aliphatic rings. The fourth-order valence-corrected chi connectivity index (χ4v) is 2.70. The summed E-state index contributed by atoms with van der Waals surface area (Å²) in [4.78, 5) is 10.3. The van der Waals surface area contributed by atoms with E-state index in [1.165, 1.54) is 0 Å². The van der Waals surface area contributed by atoms with Crippen molar-refractivity contribution in [3.05, 3.63) is 74.5 Å². The first-order chi connectivity index (χ1) is 9.49. The highest BCUT2D eigenvalue weighted by molar-refractivity contribution is 9.09.